The van der Waals surface area contributed by atoms with Gasteiger partial charge in [0.2, 0.25) is 0 Å². The van der Waals surface area contributed by atoms with Crippen LogP contribution in [0.25, 0.3) is 0 Å². The second-order valence-corrected chi connectivity index (χ2v) is 9.28. The van der Waals surface area contributed by atoms with Crippen molar-refractivity contribution in [3.05, 3.63) is 47.0 Å². The molecule has 0 saturated carbocycles. The van der Waals surface area contributed by atoms with Gasteiger partial charge in [-0.2, -0.15) is 0 Å². The van der Waals surface area contributed by atoms with Crippen molar-refractivity contribution in [2.45, 2.75) is 18.7 Å². The summed E-state index contributed by atoms with van der Waals surface area (Å²) in [7, 11) is -2.71. The van der Waals surface area contributed by atoms with E-state index in [9.17, 15) is 26.4 Å². The number of rotatable bonds is 5. The first-order chi connectivity index (χ1) is 12.9. The molecule has 0 unspecified atom stereocenters. The molecule has 10 heteroatoms. The summed E-state index contributed by atoms with van der Waals surface area (Å²) in [5, 5.41) is 2.16. The lowest BCUT2D eigenvalue weighted by Crippen LogP contribution is -2.45. The molecule has 1 aromatic carbocycles. The predicted octanol–water partition coefficient (Wildman–Crippen LogP) is 2.81. The number of aromatic nitrogens is 1. The van der Waals surface area contributed by atoms with Crippen LogP contribution >= 0.6 is 0 Å². The number of hydrogen-bond acceptors (Lipinski definition) is 4. The van der Waals surface area contributed by atoms with E-state index in [4.69, 9.17) is 4.74 Å². The number of aryl methyl sites for hydroxylation is 1. The number of benzene rings is 1. The maximum Gasteiger partial charge on any atom is 0.275 e. The van der Waals surface area contributed by atoms with E-state index in [0.29, 0.717) is 0 Å². The number of hydrogen-bond donors (Lipinski definition) is 1. The van der Waals surface area contributed by atoms with Crippen molar-refractivity contribution in [2.24, 2.45) is 12.5 Å². The van der Waals surface area contributed by atoms with Gasteiger partial charge in [-0.15, -0.1) is 0 Å². The first kappa shape index (κ1) is 20.4. The molecular formula is C18H19F3N2O4S. The molecule has 0 radical (unpaired) electrons. The number of carbonyl (C=O) groups excluding carboxylic acids is 1. The van der Waals surface area contributed by atoms with E-state index in [2.05, 4.69) is 5.32 Å². The quantitative estimate of drug-likeness (QED) is 0.813. The summed E-state index contributed by atoms with van der Waals surface area (Å²) in [6, 6.07) is 1.97. The minimum Gasteiger partial charge on any atom is -0.380 e. The second-order valence-electron chi connectivity index (χ2n) is 7.32. The molecule has 28 heavy (non-hydrogen) atoms. The van der Waals surface area contributed by atoms with Crippen LogP contribution in [0.4, 0.5) is 18.9 Å². The Balaban J connectivity index is 1.91. The summed E-state index contributed by atoms with van der Waals surface area (Å²) in [5.74, 6) is -4.38. The summed E-state index contributed by atoms with van der Waals surface area (Å²) in [5.41, 5.74) is -1.83. The van der Waals surface area contributed by atoms with Gasteiger partial charge in [-0.1, -0.05) is 6.92 Å². The van der Waals surface area contributed by atoms with Crippen molar-refractivity contribution < 1.29 is 31.1 Å². The Morgan fingerprint density at radius 3 is 2.46 bits per heavy atom. The molecule has 0 spiro atoms. The van der Waals surface area contributed by atoms with Crippen molar-refractivity contribution in [3.8, 4) is 0 Å². The van der Waals surface area contributed by atoms with Gasteiger partial charge < -0.3 is 14.6 Å². The predicted molar refractivity (Wildman–Crippen MR) is 95.4 cm³/mol. The fraction of sp³-hybridized carbons (Fsp3) is 0.389. The van der Waals surface area contributed by atoms with Crippen LogP contribution in [0.5, 0.6) is 0 Å². The average molecular weight is 416 g/mol. The van der Waals surface area contributed by atoms with Gasteiger partial charge in [0.15, 0.2) is 21.5 Å². The highest BCUT2D eigenvalue weighted by molar-refractivity contribution is 7.91. The SMILES string of the molecule is Cc1c(F)ccc(NC(=O)c2c(F)c(S(=O)(=O)CC3(C)COC3)cn2C)c1F. The normalized spacial score (nSPS) is 15.9. The summed E-state index contributed by atoms with van der Waals surface area (Å²) in [6.45, 7) is 3.40. The fourth-order valence-corrected chi connectivity index (χ4v) is 4.98. The summed E-state index contributed by atoms with van der Waals surface area (Å²) in [6.07, 6.45) is 1.01. The molecule has 152 valence electrons. The number of amides is 1. The molecule has 1 saturated heterocycles. The number of nitrogens with one attached hydrogen (secondary N) is 1. The molecule has 1 fully saturated rings. The smallest absolute Gasteiger partial charge is 0.275 e. The number of sulfone groups is 1. The van der Waals surface area contributed by atoms with Crippen LogP contribution < -0.4 is 5.32 Å². The van der Waals surface area contributed by atoms with Crippen LogP contribution in [-0.4, -0.2) is 37.9 Å². The van der Waals surface area contributed by atoms with E-state index in [1.54, 1.807) is 6.92 Å². The number of anilines is 1. The van der Waals surface area contributed by atoms with Gasteiger partial charge in [0.1, 0.15) is 16.4 Å². The number of carbonyl (C=O) groups is 1. The average Bonchev–Trinajstić information content (AvgIpc) is 2.89. The zero-order chi connectivity index (χ0) is 20.9. The second kappa shape index (κ2) is 6.93. The molecule has 1 aliphatic rings. The van der Waals surface area contributed by atoms with Crippen molar-refractivity contribution in [2.75, 3.05) is 24.3 Å². The van der Waals surface area contributed by atoms with Gasteiger partial charge in [-0.05, 0) is 19.1 Å². The van der Waals surface area contributed by atoms with Gasteiger partial charge >= 0.3 is 0 Å². The molecule has 3 rings (SSSR count). The lowest BCUT2D eigenvalue weighted by molar-refractivity contribution is -0.0870. The zero-order valence-corrected chi connectivity index (χ0v) is 16.3. The van der Waals surface area contributed by atoms with Gasteiger partial charge in [-0.25, -0.2) is 21.6 Å². The summed E-state index contributed by atoms with van der Waals surface area (Å²) < 4.78 is 73.5. The molecule has 2 heterocycles. The molecule has 0 bridgehead atoms. The van der Waals surface area contributed by atoms with Crippen molar-refractivity contribution in [1.29, 1.82) is 0 Å². The summed E-state index contributed by atoms with van der Waals surface area (Å²) >= 11 is 0. The molecule has 1 aliphatic heterocycles. The lowest BCUT2D eigenvalue weighted by atomic mass is 9.92. The van der Waals surface area contributed by atoms with E-state index >= 15 is 0 Å². The van der Waals surface area contributed by atoms with Crippen LogP contribution in [0.3, 0.4) is 0 Å². The summed E-state index contributed by atoms with van der Waals surface area (Å²) in [4.78, 5) is 11.8. The number of ether oxygens (including phenoxy) is 1. The van der Waals surface area contributed by atoms with Crippen LogP contribution in [-0.2, 0) is 21.6 Å². The number of halogens is 3. The van der Waals surface area contributed by atoms with Crippen LogP contribution in [0.1, 0.15) is 23.0 Å². The molecule has 2 aromatic rings. The first-order valence-corrected chi connectivity index (χ1v) is 10.0. The number of nitrogens with zero attached hydrogens (tertiary/aromatic N) is 1. The van der Waals surface area contributed by atoms with Crippen LogP contribution in [0, 0.1) is 29.8 Å². The topological polar surface area (TPSA) is 77.4 Å². The third kappa shape index (κ3) is 3.53. The van der Waals surface area contributed by atoms with Crippen molar-refractivity contribution in [3.63, 3.8) is 0 Å². The largest absolute Gasteiger partial charge is 0.380 e. The molecule has 1 amide bonds. The Kier molecular flexibility index (Phi) is 5.05. The van der Waals surface area contributed by atoms with E-state index in [1.165, 1.54) is 14.0 Å². The maximum absolute atomic E-state index is 14.8. The van der Waals surface area contributed by atoms with Crippen LogP contribution in [0.2, 0.25) is 0 Å². The first-order valence-electron chi connectivity index (χ1n) is 8.36. The van der Waals surface area contributed by atoms with Crippen molar-refractivity contribution >= 4 is 21.4 Å². The van der Waals surface area contributed by atoms with Crippen molar-refractivity contribution in [1.82, 2.24) is 4.57 Å². The van der Waals surface area contributed by atoms with Crippen LogP contribution in [0.15, 0.2) is 23.2 Å². The zero-order valence-electron chi connectivity index (χ0n) is 15.5. The third-order valence-electron chi connectivity index (χ3n) is 4.65. The Morgan fingerprint density at radius 2 is 1.89 bits per heavy atom. The monoisotopic (exact) mass is 416 g/mol. The minimum absolute atomic E-state index is 0.247. The van der Waals surface area contributed by atoms with E-state index < -0.39 is 49.2 Å². The molecule has 1 N–H and O–H groups in total. The minimum atomic E-state index is -4.02. The van der Waals surface area contributed by atoms with Gasteiger partial charge in [0.05, 0.1) is 24.7 Å². The van der Waals surface area contributed by atoms with E-state index in [0.717, 1.165) is 22.9 Å². The third-order valence-corrected chi connectivity index (χ3v) is 6.68. The molecule has 0 atom stereocenters. The lowest BCUT2D eigenvalue weighted by Gasteiger charge is -2.37. The van der Waals surface area contributed by atoms with E-state index in [1.807, 2.05) is 0 Å². The highest BCUT2D eigenvalue weighted by atomic mass is 32.2. The molecular weight excluding hydrogens is 397 g/mol. The Labute approximate surface area is 160 Å². The van der Waals surface area contributed by atoms with E-state index in [-0.39, 0.29) is 30.2 Å². The Morgan fingerprint density at radius 1 is 1.25 bits per heavy atom. The molecule has 0 aliphatic carbocycles. The highest BCUT2D eigenvalue weighted by Gasteiger charge is 2.40. The van der Waals surface area contributed by atoms with Gasteiger partial charge in [0.25, 0.3) is 5.91 Å². The maximum atomic E-state index is 14.8. The van der Waals surface area contributed by atoms with Gasteiger partial charge in [-0.3, -0.25) is 4.79 Å². The fourth-order valence-electron chi connectivity index (χ4n) is 3.06. The Bertz CT molecular complexity index is 1060. The Hall–Kier alpha value is -2.33. The standard InChI is InChI=1S/C18H19F3N2O4S/c1-10-11(19)4-5-12(14(10)20)22-17(24)16-15(21)13(6-23(16)3)28(25,26)9-18(2)7-27-8-18/h4-6H,7-9H2,1-3H3,(H,22,24). The highest BCUT2D eigenvalue weighted by Crippen LogP contribution is 2.32. The van der Waals surface area contributed by atoms with Gasteiger partial charge in [0, 0.05) is 24.2 Å². The molecule has 6 nitrogen and oxygen atoms in total. The molecule has 1 aromatic heterocycles.